The van der Waals surface area contributed by atoms with Gasteiger partial charge in [-0.25, -0.2) is 4.68 Å². The predicted octanol–water partition coefficient (Wildman–Crippen LogP) is 1.29. The standard InChI is InChI=1S/C20H27N5O2/c1-23(2)11-12-24-15-17(7-8-19(24)26)20(27)21-14-16-5-3-6-18(13-16)25-10-4-9-22-25/h3-6,9-10,13,17H,7-8,11-12,14-15H2,1-2H3,(H,21,27). The molecule has 0 spiro atoms. The van der Waals surface area contributed by atoms with Gasteiger partial charge in [-0.2, -0.15) is 5.10 Å². The van der Waals surface area contributed by atoms with Crippen LogP contribution in [0.2, 0.25) is 0 Å². The van der Waals surface area contributed by atoms with Gasteiger partial charge in [0.05, 0.1) is 11.6 Å². The second-order valence-electron chi connectivity index (χ2n) is 7.22. The quantitative estimate of drug-likeness (QED) is 0.798. The number of nitrogens with zero attached hydrogens (tertiary/aromatic N) is 4. The van der Waals surface area contributed by atoms with E-state index in [1.165, 1.54) is 0 Å². The molecular weight excluding hydrogens is 342 g/mol. The highest BCUT2D eigenvalue weighted by Crippen LogP contribution is 2.18. The van der Waals surface area contributed by atoms with Gasteiger partial charge in [0, 0.05) is 45.0 Å². The molecular formula is C20H27N5O2. The summed E-state index contributed by atoms with van der Waals surface area (Å²) >= 11 is 0. The fourth-order valence-electron chi connectivity index (χ4n) is 3.23. The van der Waals surface area contributed by atoms with Gasteiger partial charge in [-0.15, -0.1) is 0 Å². The van der Waals surface area contributed by atoms with E-state index >= 15 is 0 Å². The summed E-state index contributed by atoms with van der Waals surface area (Å²) in [6, 6.07) is 9.82. The molecule has 1 saturated heterocycles. The van der Waals surface area contributed by atoms with E-state index in [2.05, 4.69) is 10.4 Å². The van der Waals surface area contributed by atoms with Crippen LogP contribution in [0, 0.1) is 5.92 Å². The normalized spacial score (nSPS) is 17.4. The minimum Gasteiger partial charge on any atom is -0.352 e. The van der Waals surface area contributed by atoms with Crippen LogP contribution in [0.15, 0.2) is 42.7 Å². The number of carbonyl (C=O) groups is 2. The summed E-state index contributed by atoms with van der Waals surface area (Å²) in [5.41, 5.74) is 1.98. The first-order valence-electron chi connectivity index (χ1n) is 9.32. The first-order valence-corrected chi connectivity index (χ1v) is 9.32. The maximum atomic E-state index is 12.6. The van der Waals surface area contributed by atoms with E-state index in [0.29, 0.717) is 32.5 Å². The lowest BCUT2D eigenvalue weighted by atomic mass is 9.96. The number of hydrogen-bond donors (Lipinski definition) is 1. The van der Waals surface area contributed by atoms with Gasteiger partial charge in [-0.1, -0.05) is 12.1 Å². The molecule has 1 N–H and O–H groups in total. The molecule has 2 heterocycles. The number of benzene rings is 1. The first-order chi connectivity index (χ1) is 13.0. The lowest BCUT2D eigenvalue weighted by molar-refractivity contribution is -0.138. The van der Waals surface area contributed by atoms with Crippen LogP contribution >= 0.6 is 0 Å². The topological polar surface area (TPSA) is 70.5 Å². The molecule has 0 bridgehead atoms. The van der Waals surface area contributed by atoms with E-state index < -0.39 is 0 Å². The van der Waals surface area contributed by atoms with Crippen molar-refractivity contribution in [3.05, 3.63) is 48.3 Å². The van der Waals surface area contributed by atoms with E-state index in [9.17, 15) is 9.59 Å². The number of rotatable bonds is 7. The van der Waals surface area contributed by atoms with Gasteiger partial charge in [-0.3, -0.25) is 9.59 Å². The van der Waals surface area contributed by atoms with Gasteiger partial charge in [0.1, 0.15) is 0 Å². The maximum Gasteiger partial charge on any atom is 0.225 e. The molecule has 27 heavy (non-hydrogen) atoms. The Morgan fingerprint density at radius 1 is 1.33 bits per heavy atom. The van der Waals surface area contributed by atoms with Crippen molar-refractivity contribution in [2.45, 2.75) is 19.4 Å². The molecule has 1 aromatic carbocycles. The summed E-state index contributed by atoms with van der Waals surface area (Å²) in [7, 11) is 3.96. The van der Waals surface area contributed by atoms with Crippen molar-refractivity contribution in [3.63, 3.8) is 0 Å². The molecule has 7 nitrogen and oxygen atoms in total. The van der Waals surface area contributed by atoms with E-state index in [0.717, 1.165) is 17.8 Å². The summed E-state index contributed by atoms with van der Waals surface area (Å²) in [4.78, 5) is 28.5. The van der Waals surface area contributed by atoms with Crippen LogP contribution in [0.4, 0.5) is 0 Å². The van der Waals surface area contributed by atoms with Crippen LogP contribution in [0.1, 0.15) is 18.4 Å². The number of carbonyl (C=O) groups excluding carboxylic acids is 2. The molecule has 2 amide bonds. The molecule has 1 unspecified atom stereocenters. The number of likely N-dealkylation sites (tertiary alicyclic amines) is 1. The second kappa shape index (κ2) is 8.81. The Morgan fingerprint density at radius 3 is 2.93 bits per heavy atom. The van der Waals surface area contributed by atoms with Gasteiger partial charge < -0.3 is 15.1 Å². The van der Waals surface area contributed by atoms with Gasteiger partial charge in [0.15, 0.2) is 0 Å². The number of piperidine rings is 1. The minimum absolute atomic E-state index is 0.0156. The number of likely N-dealkylation sites (N-methyl/N-ethyl adjacent to an activating group) is 1. The van der Waals surface area contributed by atoms with Crippen molar-refractivity contribution in [1.82, 2.24) is 24.9 Å². The van der Waals surface area contributed by atoms with Gasteiger partial charge in [-0.05, 0) is 44.3 Å². The lowest BCUT2D eigenvalue weighted by Gasteiger charge is -2.32. The molecule has 1 atom stereocenters. The Bertz CT molecular complexity index is 772. The smallest absolute Gasteiger partial charge is 0.225 e. The third-order valence-electron chi connectivity index (χ3n) is 4.83. The minimum atomic E-state index is -0.140. The molecule has 2 aromatic rings. The van der Waals surface area contributed by atoms with Crippen molar-refractivity contribution < 1.29 is 9.59 Å². The number of hydrogen-bond acceptors (Lipinski definition) is 4. The fraction of sp³-hybridized carbons (Fsp3) is 0.450. The molecule has 144 valence electrons. The van der Waals surface area contributed by atoms with Crippen LogP contribution < -0.4 is 5.32 Å². The Hall–Kier alpha value is -2.67. The van der Waals surface area contributed by atoms with Crippen molar-refractivity contribution in [3.8, 4) is 5.69 Å². The van der Waals surface area contributed by atoms with Crippen LogP contribution in [0.5, 0.6) is 0 Å². The summed E-state index contributed by atoms with van der Waals surface area (Å²) < 4.78 is 1.79. The highest BCUT2D eigenvalue weighted by molar-refractivity contribution is 5.83. The molecule has 0 aliphatic carbocycles. The van der Waals surface area contributed by atoms with Crippen LogP contribution in [-0.4, -0.2) is 65.1 Å². The molecule has 7 heteroatoms. The van der Waals surface area contributed by atoms with Gasteiger partial charge in [0.2, 0.25) is 11.8 Å². The van der Waals surface area contributed by atoms with Crippen LogP contribution in [0.3, 0.4) is 0 Å². The second-order valence-corrected chi connectivity index (χ2v) is 7.22. The highest BCUT2D eigenvalue weighted by atomic mass is 16.2. The van der Waals surface area contributed by atoms with Gasteiger partial charge >= 0.3 is 0 Å². The Kier molecular flexibility index (Phi) is 6.24. The average Bonchev–Trinajstić information content (AvgIpc) is 3.20. The number of nitrogens with one attached hydrogen (secondary N) is 1. The fourth-order valence-corrected chi connectivity index (χ4v) is 3.23. The van der Waals surface area contributed by atoms with E-state index in [1.54, 1.807) is 10.9 Å². The molecule has 1 aliphatic heterocycles. The Morgan fingerprint density at radius 2 is 2.19 bits per heavy atom. The van der Waals surface area contributed by atoms with E-state index in [1.807, 2.05) is 60.4 Å². The van der Waals surface area contributed by atoms with Crippen molar-refractivity contribution in [1.29, 1.82) is 0 Å². The first kappa shape index (κ1) is 19.1. The molecule has 0 saturated carbocycles. The average molecular weight is 369 g/mol. The zero-order valence-electron chi connectivity index (χ0n) is 16.0. The molecule has 3 rings (SSSR count). The maximum absolute atomic E-state index is 12.6. The zero-order valence-corrected chi connectivity index (χ0v) is 16.0. The summed E-state index contributed by atoms with van der Waals surface area (Å²) in [6.45, 7) is 2.45. The van der Waals surface area contributed by atoms with Crippen LogP contribution in [0.25, 0.3) is 5.69 Å². The zero-order chi connectivity index (χ0) is 19.2. The van der Waals surface area contributed by atoms with Crippen molar-refractivity contribution in [2.75, 3.05) is 33.7 Å². The van der Waals surface area contributed by atoms with Crippen LogP contribution in [-0.2, 0) is 16.1 Å². The third-order valence-corrected chi connectivity index (χ3v) is 4.83. The van der Waals surface area contributed by atoms with Crippen molar-refractivity contribution >= 4 is 11.8 Å². The van der Waals surface area contributed by atoms with Crippen molar-refractivity contribution in [2.24, 2.45) is 5.92 Å². The highest BCUT2D eigenvalue weighted by Gasteiger charge is 2.29. The SMILES string of the molecule is CN(C)CCN1CC(C(=O)NCc2cccc(-n3cccn3)c2)CCC1=O. The molecule has 1 aliphatic rings. The van der Waals surface area contributed by atoms with E-state index in [-0.39, 0.29) is 17.7 Å². The third kappa shape index (κ3) is 5.17. The molecule has 1 fully saturated rings. The Labute approximate surface area is 159 Å². The summed E-state index contributed by atoms with van der Waals surface area (Å²) in [5.74, 6) is 0.0221. The monoisotopic (exact) mass is 369 g/mol. The predicted molar refractivity (Wildman–Crippen MR) is 103 cm³/mol. The molecule has 1 aromatic heterocycles. The van der Waals surface area contributed by atoms with Gasteiger partial charge in [0.25, 0.3) is 0 Å². The Balaban J connectivity index is 1.54. The molecule has 0 radical (unpaired) electrons. The summed E-state index contributed by atoms with van der Waals surface area (Å²) in [5, 5.41) is 7.25. The lowest BCUT2D eigenvalue weighted by Crippen LogP contribution is -2.47. The number of amides is 2. The number of aromatic nitrogens is 2. The summed E-state index contributed by atoms with van der Waals surface area (Å²) in [6.07, 6.45) is 4.69. The van der Waals surface area contributed by atoms with E-state index in [4.69, 9.17) is 0 Å². The largest absolute Gasteiger partial charge is 0.352 e.